The van der Waals surface area contributed by atoms with Gasteiger partial charge >= 0.3 is 6.61 Å². The first kappa shape index (κ1) is 22.7. The molecule has 0 fully saturated rings. The summed E-state index contributed by atoms with van der Waals surface area (Å²) in [5, 5.41) is -0.185. The zero-order valence-corrected chi connectivity index (χ0v) is 17.0. The van der Waals surface area contributed by atoms with Crippen LogP contribution in [0.3, 0.4) is 0 Å². The third-order valence-electron chi connectivity index (χ3n) is 4.69. The van der Waals surface area contributed by atoms with Crippen molar-refractivity contribution in [1.29, 1.82) is 0 Å². The summed E-state index contributed by atoms with van der Waals surface area (Å²) < 4.78 is 61.3. The van der Waals surface area contributed by atoms with E-state index in [1.165, 1.54) is 37.4 Å². The number of guanidine groups is 1. The maximum Gasteiger partial charge on any atom is 0.387 e. The van der Waals surface area contributed by atoms with E-state index in [1.807, 2.05) is 0 Å². The summed E-state index contributed by atoms with van der Waals surface area (Å²) >= 11 is 6.08. The average molecular weight is 460 g/mol. The highest BCUT2D eigenvalue weighted by Gasteiger charge is 2.50. The van der Waals surface area contributed by atoms with Crippen molar-refractivity contribution in [3.05, 3.63) is 58.4 Å². The predicted molar refractivity (Wildman–Crippen MR) is 106 cm³/mol. The number of aliphatic imine (C=N–C) groups is 1. The van der Waals surface area contributed by atoms with Crippen molar-refractivity contribution in [2.24, 2.45) is 10.7 Å². The molecule has 0 spiro atoms. The van der Waals surface area contributed by atoms with Crippen LogP contribution in [0.4, 0.5) is 17.6 Å². The van der Waals surface area contributed by atoms with Crippen molar-refractivity contribution in [3.63, 3.8) is 0 Å². The van der Waals surface area contributed by atoms with Gasteiger partial charge in [0, 0.05) is 13.5 Å². The quantitative estimate of drug-likeness (QED) is 0.480. The largest absolute Gasteiger partial charge is 0.490 e. The summed E-state index contributed by atoms with van der Waals surface area (Å²) in [7, 11) is 1.40. The minimum atomic E-state index is -3.09. The second-order valence-corrected chi connectivity index (χ2v) is 7.01. The van der Waals surface area contributed by atoms with Crippen molar-refractivity contribution < 1.29 is 31.8 Å². The van der Waals surface area contributed by atoms with E-state index in [1.54, 1.807) is 0 Å². The van der Waals surface area contributed by atoms with Crippen molar-refractivity contribution in [3.8, 4) is 11.5 Å². The number of hydrogen-bond donors (Lipinski definition) is 1. The Kier molecular flexibility index (Phi) is 6.59. The lowest BCUT2D eigenvalue weighted by Crippen LogP contribution is -2.41. The Morgan fingerprint density at radius 3 is 2.45 bits per heavy atom. The second-order valence-electron chi connectivity index (χ2n) is 6.60. The van der Waals surface area contributed by atoms with E-state index in [2.05, 4.69) is 9.73 Å². The van der Waals surface area contributed by atoms with E-state index >= 15 is 0 Å². The number of carbonyl (C=O) groups is 1. The lowest BCUT2D eigenvalue weighted by molar-refractivity contribution is -0.129. The molecule has 31 heavy (non-hydrogen) atoms. The highest BCUT2D eigenvalue weighted by atomic mass is 35.5. The smallest absolute Gasteiger partial charge is 0.387 e. The molecule has 1 aliphatic rings. The summed E-state index contributed by atoms with van der Waals surface area (Å²) in [6.45, 7) is -3.80. The summed E-state index contributed by atoms with van der Waals surface area (Å²) in [6.07, 6.45) is 0.0583. The number of likely N-dealkylation sites (N-methyl/N-ethyl adjacent to an activating group) is 1. The Hall–Kier alpha value is -3.01. The van der Waals surface area contributed by atoms with Gasteiger partial charge in [-0.25, -0.2) is 9.38 Å². The molecular weight excluding hydrogens is 442 g/mol. The molecule has 2 aromatic carbocycles. The van der Waals surface area contributed by atoms with Crippen LogP contribution in [0.25, 0.3) is 0 Å². The van der Waals surface area contributed by atoms with E-state index in [0.717, 1.165) is 11.0 Å². The van der Waals surface area contributed by atoms with Gasteiger partial charge < -0.3 is 15.2 Å². The molecule has 1 aliphatic heterocycles. The van der Waals surface area contributed by atoms with Gasteiger partial charge in [0.2, 0.25) is 0 Å². The van der Waals surface area contributed by atoms with Crippen LogP contribution in [-0.4, -0.2) is 43.7 Å². The first-order valence-corrected chi connectivity index (χ1v) is 9.45. The van der Waals surface area contributed by atoms with Gasteiger partial charge in [-0.1, -0.05) is 23.7 Å². The van der Waals surface area contributed by atoms with Crippen molar-refractivity contribution in [1.82, 2.24) is 4.90 Å². The molecule has 2 N–H and O–H groups in total. The Balaban J connectivity index is 2.14. The Morgan fingerprint density at radius 1 is 1.19 bits per heavy atom. The Morgan fingerprint density at radius 2 is 1.87 bits per heavy atom. The predicted octanol–water partition coefficient (Wildman–Crippen LogP) is 3.85. The van der Waals surface area contributed by atoms with Crippen LogP contribution in [-0.2, 0) is 10.3 Å². The standard InChI is InChI=1S/C20H18ClF4N3O3/c1-28-17(29)20(27-19(28)26,11-4-6-15(13(21)9-11)31-18(24)25)12-3-5-14(23)16(10-12)30-8-2-7-22/h3-6,9-10,18H,2,7-8H2,1H3,(H2,26,27). The van der Waals surface area contributed by atoms with Gasteiger partial charge in [0.05, 0.1) is 18.3 Å². The topological polar surface area (TPSA) is 77.2 Å². The lowest BCUT2D eigenvalue weighted by Gasteiger charge is -2.27. The van der Waals surface area contributed by atoms with Gasteiger partial charge in [-0.2, -0.15) is 8.78 Å². The molecule has 0 saturated heterocycles. The van der Waals surface area contributed by atoms with Crippen LogP contribution in [0.1, 0.15) is 17.5 Å². The molecule has 11 heteroatoms. The molecule has 0 aliphatic carbocycles. The van der Waals surface area contributed by atoms with Crippen LogP contribution in [0.5, 0.6) is 11.5 Å². The molecule has 1 heterocycles. The van der Waals surface area contributed by atoms with Crippen molar-refractivity contribution in [2.45, 2.75) is 18.6 Å². The molecule has 0 saturated carbocycles. The summed E-state index contributed by atoms with van der Waals surface area (Å²) in [5.74, 6) is -1.90. The second kappa shape index (κ2) is 9.01. The van der Waals surface area contributed by atoms with Gasteiger partial charge in [-0.3, -0.25) is 14.1 Å². The number of carbonyl (C=O) groups excluding carboxylic acids is 1. The molecule has 1 unspecified atom stereocenters. The Labute approximate surface area is 180 Å². The number of halogens is 5. The molecular formula is C20H18ClF4N3O3. The monoisotopic (exact) mass is 459 g/mol. The van der Waals surface area contributed by atoms with Crippen molar-refractivity contribution >= 4 is 23.5 Å². The third-order valence-corrected chi connectivity index (χ3v) is 4.99. The van der Waals surface area contributed by atoms with Crippen LogP contribution >= 0.6 is 11.6 Å². The van der Waals surface area contributed by atoms with Crippen LogP contribution in [0.15, 0.2) is 41.4 Å². The van der Waals surface area contributed by atoms with Crippen LogP contribution in [0.2, 0.25) is 5.02 Å². The van der Waals surface area contributed by atoms with Crippen LogP contribution in [0, 0.1) is 5.82 Å². The van der Waals surface area contributed by atoms with E-state index in [0.29, 0.717) is 0 Å². The first-order chi connectivity index (χ1) is 14.7. The van der Waals surface area contributed by atoms with E-state index < -0.39 is 30.5 Å². The average Bonchev–Trinajstić information content (AvgIpc) is 2.95. The maximum atomic E-state index is 14.2. The molecule has 1 atom stereocenters. The molecule has 1 amide bonds. The minimum Gasteiger partial charge on any atom is -0.490 e. The molecule has 3 rings (SSSR count). The number of rotatable bonds is 8. The molecule has 6 nitrogen and oxygen atoms in total. The normalized spacial score (nSPS) is 18.5. The zero-order chi connectivity index (χ0) is 22.8. The molecule has 0 radical (unpaired) electrons. The fraction of sp³-hybridized carbons (Fsp3) is 0.300. The van der Waals surface area contributed by atoms with Crippen molar-refractivity contribution in [2.75, 3.05) is 20.3 Å². The van der Waals surface area contributed by atoms with E-state index in [9.17, 15) is 22.4 Å². The molecule has 0 aromatic heterocycles. The molecule has 0 bridgehead atoms. The fourth-order valence-corrected chi connectivity index (χ4v) is 3.40. The number of benzene rings is 2. The van der Waals surface area contributed by atoms with Gasteiger partial charge in [0.1, 0.15) is 5.75 Å². The fourth-order valence-electron chi connectivity index (χ4n) is 3.18. The summed E-state index contributed by atoms with van der Waals surface area (Å²) in [5.41, 5.74) is 4.49. The van der Waals surface area contributed by atoms with Gasteiger partial charge in [0.25, 0.3) is 5.91 Å². The van der Waals surface area contributed by atoms with E-state index in [-0.39, 0.29) is 46.6 Å². The first-order valence-electron chi connectivity index (χ1n) is 9.07. The van der Waals surface area contributed by atoms with Gasteiger partial charge in [0.15, 0.2) is 23.1 Å². The Bertz CT molecular complexity index is 1020. The lowest BCUT2D eigenvalue weighted by atomic mass is 9.82. The van der Waals surface area contributed by atoms with E-state index in [4.69, 9.17) is 22.1 Å². The number of alkyl halides is 3. The zero-order valence-electron chi connectivity index (χ0n) is 16.2. The third kappa shape index (κ3) is 4.25. The number of ether oxygens (including phenoxy) is 2. The summed E-state index contributed by atoms with van der Waals surface area (Å²) in [4.78, 5) is 18.6. The SMILES string of the molecule is CN1C(=O)C(c2ccc(OC(F)F)c(Cl)c2)(c2ccc(F)c(OCCCF)c2)N=C1N. The minimum absolute atomic E-state index is 0.0583. The van der Waals surface area contributed by atoms with Crippen LogP contribution < -0.4 is 15.2 Å². The summed E-state index contributed by atoms with van der Waals surface area (Å²) in [6, 6.07) is 7.42. The maximum absolute atomic E-state index is 14.2. The van der Waals surface area contributed by atoms with Gasteiger partial charge in [-0.05, 0) is 35.4 Å². The number of nitrogens with two attached hydrogens (primary N) is 1. The highest BCUT2D eigenvalue weighted by molar-refractivity contribution is 6.32. The number of nitrogens with zero attached hydrogens (tertiary/aromatic N) is 2. The molecule has 166 valence electrons. The number of amides is 1. The molecule has 2 aromatic rings. The number of hydrogen-bond acceptors (Lipinski definition) is 5. The highest BCUT2D eigenvalue weighted by Crippen LogP contribution is 2.43. The van der Waals surface area contributed by atoms with Gasteiger partial charge in [-0.15, -0.1) is 0 Å².